The molecule has 0 unspecified atom stereocenters. The van der Waals surface area contributed by atoms with Crippen LogP contribution in [0.1, 0.15) is 56.2 Å². The molecule has 1 aromatic carbocycles. The number of rotatable bonds is 4. The number of benzene rings is 1. The van der Waals surface area contributed by atoms with Crippen molar-refractivity contribution < 1.29 is 39.2 Å². The SMILES string of the molecule is C[C@@H]1CCC[C@H](C)N1Cc1cc(O)c2c(c1F)C[C@H]1C[C@H]3[C@H](N(C)C)C(=O)C(C(N)=O)=C(O)[C@@]3(O)C(=O)C1=C2O. The number of amides is 1. The van der Waals surface area contributed by atoms with Gasteiger partial charge in [-0.15, -0.1) is 0 Å². The number of phenolic OH excluding ortho intramolecular Hbond substituents is 1. The fourth-order valence-electron chi connectivity index (χ4n) is 7.45. The topological polar surface area (TPSA) is 165 Å². The molecule has 0 radical (unpaired) electrons. The van der Waals surface area contributed by atoms with Crippen molar-refractivity contribution in [3.63, 3.8) is 0 Å². The van der Waals surface area contributed by atoms with E-state index < -0.39 is 69.6 Å². The van der Waals surface area contributed by atoms with Gasteiger partial charge in [-0.2, -0.15) is 0 Å². The molecule has 1 aromatic rings. The largest absolute Gasteiger partial charge is 0.508 e. The van der Waals surface area contributed by atoms with E-state index >= 15 is 4.39 Å². The standard InChI is InChI=1S/C29H36FN3O7/c1-12-6-5-7-13(2)33(12)11-15-10-18(34)20-16(22(15)30)8-14-9-17-23(32(3)4)25(36)21(28(31)39)27(38)29(17,40)26(37)19(14)24(20)35/h10,12-14,17,23,34-35,38,40H,5-9,11H2,1-4H3,(H2,31,39)/t12-,13+,14-,17-,23-,29-/m0/s1. The first-order chi connectivity index (χ1) is 18.7. The van der Waals surface area contributed by atoms with Crippen LogP contribution in [0.5, 0.6) is 5.75 Å². The minimum Gasteiger partial charge on any atom is -0.508 e. The maximum absolute atomic E-state index is 16.1. The van der Waals surface area contributed by atoms with Gasteiger partial charge in [0, 0.05) is 41.2 Å². The van der Waals surface area contributed by atoms with Gasteiger partial charge in [0.1, 0.15) is 28.7 Å². The van der Waals surface area contributed by atoms with E-state index in [1.165, 1.54) is 25.1 Å². The first-order valence-electron chi connectivity index (χ1n) is 13.6. The first-order valence-corrected chi connectivity index (χ1v) is 13.6. The highest BCUT2D eigenvalue weighted by atomic mass is 19.1. The third-order valence-electron chi connectivity index (χ3n) is 9.46. The number of likely N-dealkylation sites (N-methyl/N-ethyl adjacent to an activating group) is 1. The second-order valence-electron chi connectivity index (χ2n) is 12.0. The Morgan fingerprint density at radius 1 is 1.18 bits per heavy atom. The number of nitrogens with zero attached hydrogens (tertiary/aromatic N) is 2. The third-order valence-corrected chi connectivity index (χ3v) is 9.46. The molecule has 5 rings (SSSR count). The molecule has 0 bridgehead atoms. The van der Waals surface area contributed by atoms with Crippen molar-refractivity contribution in [1.82, 2.24) is 9.80 Å². The average Bonchev–Trinajstić information content (AvgIpc) is 2.86. The molecule has 0 spiro atoms. The summed E-state index contributed by atoms with van der Waals surface area (Å²) in [4.78, 5) is 42.7. The molecule has 1 aliphatic heterocycles. The Morgan fingerprint density at radius 3 is 2.38 bits per heavy atom. The summed E-state index contributed by atoms with van der Waals surface area (Å²) in [6, 6.07) is 0.526. The van der Waals surface area contributed by atoms with E-state index in [1.807, 2.05) is 0 Å². The van der Waals surface area contributed by atoms with Gasteiger partial charge in [0.25, 0.3) is 5.91 Å². The van der Waals surface area contributed by atoms with Crippen molar-refractivity contribution >= 4 is 23.2 Å². The van der Waals surface area contributed by atoms with Crippen molar-refractivity contribution in [2.45, 2.75) is 76.2 Å². The molecule has 2 fully saturated rings. The molecule has 6 atom stereocenters. The van der Waals surface area contributed by atoms with Crippen LogP contribution in [0.15, 0.2) is 23.0 Å². The second kappa shape index (κ2) is 9.67. The highest BCUT2D eigenvalue weighted by molar-refractivity contribution is 6.24. The van der Waals surface area contributed by atoms with Crippen LogP contribution in [0.2, 0.25) is 0 Å². The van der Waals surface area contributed by atoms with Crippen LogP contribution in [0.4, 0.5) is 4.39 Å². The van der Waals surface area contributed by atoms with Gasteiger partial charge in [0.05, 0.1) is 11.6 Å². The van der Waals surface area contributed by atoms with E-state index in [1.54, 1.807) is 0 Å². The highest BCUT2D eigenvalue weighted by Crippen LogP contribution is 2.53. The Balaban J connectivity index is 1.63. The number of Topliss-reactive ketones (excluding diaryl/α,β-unsaturated/α-hetero) is 2. The molecular weight excluding hydrogens is 521 g/mol. The number of aliphatic hydroxyl groups excluding tert-OH is 2. The predicted octanol–water partition coefficient (Wildman–Crippen LogP) is 1.87. The number of halogens is 1. The summed E-state index contributed by atoms with van der Waals surface area (Å²) in [7, 11) is 3.06. The molecular formula is C29H36FN3O7. The van der Waals surface area contributed by atoms with Gasteiger partial charge in [-0.25, -0.2) is 4.39 Å². The molecule has 0 aromatic heterocycles. The van der Waals surface area contributed by atoms with Crippen LogP contribution < -0.4 is 5.73 Å². The number of piperidine rings is 1. The monoisotopic (exact) mass is 557 g/mol. The summed E-state index contributed by atoms with van der Waals surface area (Å²) in [5, 5.41) is 44.8. The molecule has 1 saturated heterocycles. The van der Waals surface area contributed by atoms with Gasteiger partial charge in [-0.1, -0.05) is 6.42 Å². The summed E-state index contributed by atoms with van der Waals surface area (Å²) >= 11 is 0. The van der Waals surface area contributed by atoms with Gasteiger partial charge in [-0.05, 0) is 65.6 Å². The molecule has 40 heavy (non-hydrogen) atoms. The number of hydrogen-bond acceptors (Lipinski definition) is 9. The number of primary amides is 1. The number of carbonyl (C=O) groups is 3. The average molecular weight is 558 g/mol. The molecule has 10 nitrogen and oxygen atoms in total. The fourth-order valence-corrected chi connectivity index (χ4v) is 7.45. The second-order valence-corrected chi connectivity index (χ2v) is 12.0. The maximum atomic E-state index is 16.1. The molecule has 216 valence electrons. The van der Waals surface area contributed by atoms with Gasteiger partial charge < -0.3 is 26.2 Å². The van der Waals surface area contributed by atoms with Crippen molar-refractivity contribution in [2.24, 2.45) is 17.6 Å². The smallest absolute Gasteiger partial charge is 0.255 e. The van der Waals surface area contributed by atoms with Gasteiger partial charge in [0.15, 0.2) is 11.4 Å². The Morgan fingerprint density at radius 2 is 1.80 bits per heavy atom. The lowest BCUT2D eigenvalue weighted by Crippen LogP contribution is -2.65. The number of phenols is 1. The maximum Gasteiger partial charge on any atom is 0.255 e. The molecule has 3 aliphatic carbocycles. The van der Waals surface area contributed by atoms with Crippen molar-refractivity contribution in [3.05, 3.63) is 45.5 Å². The summed E-state index contributed by atoms with van der Waals surface area (Å²) in [5.74, 6) is -8.11. The van der Waals surface area contributed by atoms with Gasteiger partial charge in [-0.3, -0.25) is 24.2 Å². The van der Waals surface area contributed by atoms with Crippen molar-refractivity contribution in [2.75, 3.05) is 14.1 Å². The van der Waals surface area contributed by atoms with E-state index in [0.29, 0.717) is 0 Å². The van der Waals surface area contributed by atoms with Crippen molar-refractivity contribution in [1.29, 1.82) is 0 Å². The quantitative estimate of drug-likeness (QED) is 0.348. The molecule has 1 amide bonds. The third kappa shape index (κ3) is 3.89. The minimum atomic E-state index is -2.72. The Labute approximate surface area is 231 Å². The molecule has 6 N–H and O–H groups in total. The lowest BCUT2D eigenvalue weighted by atomic mass is 9.57. The van der Waals surface area contributed by atoms with Gasteiger partial charge in [0.2, 0.25) is 5.78 Å². The summed E-state index contributed by atoms with van der Waals surface area (Å²) in [6.45, 7) is 4.44. The van der Waals surface area contributed by atoms with E-state index in [-0.39, 0.29) is 53.7 Å². The molecule has 1 heterocycles. The number of hydrogen-bond donors (Lipinski definition) is 5. The number of likely N-dealkylation sites (tertiary alicyclic amines) is 1. The Kier molecular flexibility index (Phi) is 6.83. The van der Waals surface area contributed by atoms with Gasteiger partial charge >= 0.3 is 0 Å². The number of fused-ring (bicyclic) bond motifs is 3. The Hall–Kier alpha value is -3.28. The van der Waals surface area contributed by atoms with E-state index in [2.05, 4.69) is 18.7 Å². The molecule has 1 saturated carbocycles. The zero-order valence-electron chi connectivity index (χ0n) is 23.1. The predicted molar refractivity (Wildman–Crippen MR) is 143 cm³/mol. The Bertz CT molecular complexity index is 1380. The number of nitrogens with two attached hydrogens (primary N) is 1. The van der Waals surface area contributed by atoms with Crippen LogP contribution in [0, 0.1) is 17.7 Å². The van der Waals surface area contributed by atoms with Crippen molar-refractivity contribution in [3.8, 4) is 5.75 Å². The highest BCUT2D eigenvalue weighted by Gasteiger charge is 2.64. The van der Waals surface area contributed by atoms with Crippen LogP contribution in [0.25, 0.3) is 5.76 Å². The van der Waals surface area contributed by atoms with E-state index in [4.69, 9.17) is 5.73 Å². The first kappa shape index (κ1) is 28.3. The number of aromatic hydroxyl groups is 1. The fraction of sp³-hybridized carbons (Fsp3) is 0.552. The molecule has 11 heteroatoms. The van der Waals surface area contributed by atoms with Crippen LogP contribution in [0.3, 0.4) is 0 Å². The van der Waals surface area contributed by atoms with E-state index in [9.17, 15) is 34.8 Å². The normalized spacial score (nSPS) is 32.7. The molecule has 4 aliphatic rings. The summed E-state index contributed by atoms with van der Waals surface area (Å²) in [5.41, 5.74) is 1.53. The zero-order valence-corrected chi connectivity index (χ0v) is 23.1. The number of ketones is 2. The number of aliphatic hydroxyl groups is 3. The number of carbonyl (C=O) groups excluding carboxylic acids is 3. The minimum absolute atomic E-state index is 0.0536. The lowest BCUT2D eigenvalue weighted by molar-refractivity contribution is -0.153. The summed E-state index contributed by atoms with van der Waals surface area (Å²) < 4.78 is 16.1. The zero-order chi connectivity index (χ0) is 29.4. The summed E-state index contributed by atoms with van der Waals surface area (Å²) in [6.07, 6.45) is 2.89. The van der Waals surface area contributed by atoms with Crippen LogP contribution in [-0.4, -0.2) is 85.5 Å². The van der Waals surface area contributed by atoms with Crippen LogP contribution >= 0.6 is 0 Å². The van der Waals surface area contributed by atoms with Crippen LogP contribution in [-0.2, 0) is 27.3 Å². The van der Waals surface area contributed by atoms with E-state index in [0.717, 1.165) is 19.3 Å². The lowest BCUT2D eigenvalue weighted by Gasteiger charge is -2.50.